The van der Waals surface area contributed by atoms with Crippen LogP contribution in [0.1, 0.15) is 24.6 Å². The first kappa shape index (κ1) is 20.9. The Bertz CT molecular complexity index is 1250. The van der Waals surface area contributed by atoms with E-state index in [1.54, 1.807) is 22.8 Å². The number of benzene rings is 1. The molecule has 0 aliphatic carbocycles. The average Bonchev–Trinajstić information content (AvgIpc) is 3.15. The largest absolute Gasteiger partial charge is 0.382 e. The summed E-state index contributed by atoms with van der Waals surface area (Å²) < 4.78 is 9.20. The second-order valence-corrected chi connectivity index (χ2v) is 8.39. The minimum absolute atomic E-state index is 0.0542. The maximum Gasteiger partial charge on any atom is 0.262 e. The second-order valence-electron chi connectivity index (χ2n) is 7.01. The zero-order valence-electron chi connectivity index (χ0n) is 17.0. The molecule has 3 aromatic heterocycles. The molecule has 0 saturated carbocycles. The van der Waals surface area contributed by atoms with Crippen LogP contribution >= 0.6 is 23.4 Å². The number of aromatic nitrogens is 4. The van der Waals surface area contributed by atoms with Crippen molar-refractivity contribution in [1.29, 1.82) is 0 Å². The summed E-state index contributed by atoms with van der Waals surface area (Å²) in [5.74, 6) is 0.616. The van der Waals surface area contributed by atoms with Crippen LogP contribution in [0.25, 0.3) is 16.6 Å². The lowest BCUT2D eigenvalue weighted by Gasteiger charge is -2.13. The quantitative estimate of drug-likeness (QED) is 0.224. The Kier molecular flexibility index (Phi) is 6.41. The van der Waals surface area contributed by atoms with E-state index in [1.807, 2.05) is 42.8 Å². The van der Waals surface area contributed by atoms with Gasteiger partial charge in [0.2, 0.25) is 0 Å². The monoisotopic (exact) mass is 442 g/mol. The normalized spacial score (nSPS) is 11.6. The summed E-state index contributed by atoms with van der Waals surface area (Å²) in [6, 6.07) is 9.26. The van der Waals surface area contributed by atoms with Gasteiger partial charge in [0.05, 0.1) is 16.6 Å². The maximum atomic E-state index is 13.1. The second kappa shape index (κ2) is 9.20. The highest BCUT2D eigenvalue weighted by molar-refractivity contribution is 7.98. The van der Waals surface area contributed by atoms with E-state index in [-0.39, 0.29) is 5.56 Å². The summed E-state index contributed by atoms with van der Waals surface area (Å²) in [4.78, 5) is 22.6. The third-order valence-corrected chi connectivity index (χ3v) is 6.08. The SMILES string of the molecule is CCOCCCn1c(SCc2cn3cccc(C)c3n2)nc2cc(Cl)ccc2c1=O. The first-order valence-corrected chi connectivity index (χ1v) is 11.3. The van der Waals surface area contributed by atoms with Crippen LogP contribution in [-0.2, 0) is 17.0 Å². The van der Waals surface area contributed by atoms with Gasteiger partial charge in [-0.2, -0.15) is 0 Å². The fourth-order valence-electron chi connectivity index (χ4n) is 3.36. The minimum Gasteiger partial charge on any atom is -0.382 e. The van der Waals surface area contributed by atoms with Gasteiger partial charge < -0.3 is 9.14 Å². The van der Waals surface area contributed by atoms with Crippen LogP contribution in [0.5, 0.6) is 0 Å². The van der Waals surface area contributed by atoms with Gasteiger partial charge in [-0.3, -0.25) is 9.36 Å². The Balaban J connectivity index is 1.65. The number of hydrogen-bond acceptors (Lipinski definition) is 5. The zero-order valence-corrected chi connectivity index (χ0v) is 18.5. The molecule has 1 aromatic carbocycles. The van der Waals surface area contributed by atoms with Crippen molar-refractivity contribution in [2.75, 3.05) is 13.2 Å². The van der Waals surface area contributed by atoms with Gasteiger partial charge in [0, 0.05) is 42.9 Å². The van der Waals surface area contributed by atoms with Crippen molar-refractivity contribution in [2.45, 2.75) is 37.7 Å². The number of pyridine rings is 1. The lowest BCUT2D eigenvalue weighted by molar-refractivity contribution is 0.140. The van der Waals surface area contributed by atoms with Gasteiger partial charge in [0.1, 0.15) is 5.65 Å². The first-order valence-electron chi connectivity index (χ1n) is 9.90. The standard InChI is InChI=1S/C22H23ClN4O2S/c1-3-29-11-5-10-27-21(28)18-8-7-16(23)12-19(18)25-22(27)30-14-17-13-26-9-4-6-15(2)20(26)24-17/h4,6-9,12-13H,3,5,10-11,14H2,1-2H3. The highest BCUT2D eigenvalue weighted by Crippen LogP contribution is 2.24. The molecule has 3 heterocycles. The summed E-state index contributed by atoms with van der Waals surface area (Å²) in [5.41, 5.74) is 3.57. The maximum absolute atomic E-state index is 13.1. The van der Waals surface area contributed by atoms with Crippen LogP contribution in [0, 0.1) is 6.92 Å². The van der Waals surface area contributed by atoms with E-state index in [0.717, 1.165) is 23.3 Å². The van der Waals surface area contributed by atoms with Crippen LogP contribution < -0.4 is 5.56 Å². The molecule has 6 nitrogen and oxygen atoms in total. The van der Waals surface area contributed by atoms with E-state index in [4.69, 9.17) is 26.3 Å². The smallest absolute Gasteiger partial charge is 0.262 e. The van der Waals surface area contributed by atoms with Gasteiger partial charge in [0.25, 0.3) is 5.56 Å². The molecule has 0 aliphatic rings. The Hall–Kier alpha value is -2.35. The summed E-state index contributed by atoms with van der Waals surface area (Å²) in [5, 5.41) is 1.80. The van der Waals surface area contributed by atoms with Crippen molar-refractivity contribution < 1.29 is 4.74 Å². The molecule has 0 N–H and O–H groups in total. The summed E-state index contributed by atoms with van der Waals surface area (Å²) in [7, 11) is 0. The lowest BCUT2D eigenvalue weighted by atomic mass is 10.2. The molecule has 0 fully saturated rings. The number of ether oxygens (including phenoxy) is 1. The van der Waals surface area contributed by atoms with Gasteiger partial charge in [-0.15, -0.1) is 0 Å². The molecule has 0 radical (unpaired) electrons. The van der Waals surface area contributed by atoms with E-state index in [1.165, 1.54) is 11.8 Å². The summed E-state index contributed by atoms with van der Waals surface area (Å²) >= 11 is 7.64. The molecule has 4 aromatic rings. The van der Waals surface area contributed by atoms with Crippen LogP contribution in [0.4, 0.5) is 0 Å². The molecular formula is C22H23ClN4O2S. The number of thioether (sulfide) groups is 1. The molecule has 0 bridgehead atoms. The average molecular weight is 443 g/mol. The van der Waals surface area contributed by atoms with Gasteiger partial charge in [0.15, 0.2) is 5.16 Å². The number of nitrogens with zero attached hydrogens (tertiary/aromatic N) is 4. The summed E-state index contributed by atoms with van der Waals surface area (Å²) in [6.45, 7) is 5.84. The van der Waals surface area contributed by atoms with Gasteiger partial charge >= 0.3 is 0 Å². The van der Waals surface area contributed by atoms with Crippen molar-refractivity contribution in [3.05, 3.63) is 69.4 Å². The Labute approximate surface area is 183 Å². The van der Waals surface area contributed by atoms with Crippen LogP contribution in [0.2, 0.25) is 5.02 Å². The highest BCUT2D eigenvalue weighted by Gasteiger charge is 2.13. The van der Waals surface area contributed by atoms with E-state index < -0.39 is 0 Å². The van der Waals surface area contributed by atoms with E-state index in [9.17, 15) is 4.79 Å². The molecule has 0 unspecified atom stereocenters. The van der Waals surface area contributed by atoms with Gasteiger partial charge in [-0.25, -0.2) is 9.97 Å². The van der Waals surface area contributed by atoms with E-state index in [2.05, 4.69) is 0 Å². The summed E-state index contributed by atoms with van der Waals surface area (Å²) in [6.07, 6.45) is 4.75. The third kappa shape index (κ3) is 4.38. The lowest BCUT2D eigenvalue weighted by Crippen LogP contribution is -2.24. The van der Waals surface area contributed by atoms with Crippen molar-refractivity contribution in [3.8, 4) is 0 Å². The van der Waals surface area contributed by atoms with Gasteiger partial charge in [-0.1, -0.05) is 29.4 Å². The molecule has 30 heavy (non-hydrogen) atoms. The topological polar surface area (TPSA) is 61.4 Å². The molecule has 0 spiro atoms. The fraction of sp³-hybridized carbons (Fsp3) is 0.318. The minimum atomic E-state index is -0.0542. The number of imidazole rings is 1. The molecular weight excluding hydrogens is 420 g/mol. The first-order chi connectivity index (χ1) is 14.6. The Morgan fingerprint density at radius 2 is 2.10 bits per heavy atom. The van der Waals surface area contributed by atoms with E-state index >= 15 is 0 Å². The Morgan fingerprint density at radius 3 is 2.90 bits per heavy atom. The molecule has 0 aliphatic heterocycles. The number of aryl methyl sites for hydroxylation is 1. The number of halogens is 1. The van der Waals surface area contributed by atoms with Crippen LogP contribution in [0.3, 0.4) is 0 Å². The molecule has 4 rings (SSSR count). The van der Waals surface area contributed by atoms with Crippen molar-refractivity contribution >= 4 is 39.9 Å². The molecule has 0 saturated heterocycles. The van der Waals surface area contributed by atoms with Crippen LogP contribution in [0.15, 0.2) is 52.7 Å². The van der Waals surface area contributed by atoms with Crippen molar-refractivity contribution in [1.82, 2.24) is 18.9 Å². The fourth-order valence-corrected chi connectivity index (χ4v) is 4.44. The third-order valence-electron chi connectivity index (χ3n) is 4.83. The molecule has 156 valence electrons. The molecule has 8 heteroatoms. The number of fused-ring (bicyclic) bond motifs is 2. The molecule has 0 amide bonds. The zero-order chi connectivity index (χ0) is 21.1. The van der Waals surface area contributed by atoms with Gasteiger partial charge in [-0.05, 0) is 50.1 Å². The number of hydrogen-bond donors (Lipinski definition) is 0. The van der Waals surface area contributed by atoms with Crippen molar-refractivity contribution in [2.24, 2.45) is 0 Å². The Morgan fingerprint density at radius 1 is 1.23 bits per heavy atom. The van der Waals surface area contributed by atoms with E-state index in [0.29, 0.717) is 46.6 Å². The highest BCUT2D eigenvalue weighted by atomic mass is 35.5. The van der Waals surface area contributed by atoms with Crippen LogP contribution in [-0.4, -0.2) is 32.1 Å². The number of rotatable bonds is 8. The molecule has 0 atom stereocenters. The van der Waals surface area contributed by atoms with Crippen molar-refractivity contribution in [3.63, 3.8) is 0 Å². The predicted molar refractivity (Wildman–Crippen MR) is 122 cm³/mol. The predicted octanol–water partition coefficient (Wildman–Crippen LogP) is 4.72.